The number of alkyl halides is 3. The number of hydrogen-bond donors (Lipinski definition) is 1. The lowest BCUT2D eigenvalue weighted by atomic mass is 9.73. The van der Waals surface area contributed by atoms with Crippen LogP contribution in [0.15, 0.2) is 29.2 Å². The monoisotopic (exact) mass is 418 g/mol. The van der Waals surface area contributed by atoms with Crippen LogP contribution in [-0.4, -0.2) is 31.5 Å². The predicted molar refractivity (Wildman–Crippen MR) is 104 cm³/mol. The van der Waals surface area contributed by atoms with Crippen molar-refractivity contribution in [2.24, 2.45) is 5.92 Å². The first-order chi connectivity index (χ1) is 13.0. The molecule has 1 unspecified atom stereocenters. The summed E-state index contributed by atoms with van der Waals surface area (Å²) in [5.41, 5.74) is -1.50. The van der Waals surface area contributed by atoms with Crippen LogP contribution in [0.2, 0.25) is 0 Å². The number of unbranched alkanes of at least 4 members (excludes halogenated alkanes) is 1. The van der Waals surface area contributed by atoms with Crippen molar-refractivity contribution in [1.82, 2.24) is 4.31 Å². The van der Waals surface area contributed by atoms with Gasteiger partial charge in [0.15, 0.2) is 0 Å². The second-order valence-corrected chi connectivity index (χ2v) is 9.75. The van der Waals surface area contributed by atoms with Crippen LogP contribution in [-0.2, 0) is 16.2 Å². The van der Waals surface area contributed by atoms with Gasteiger partial charge in [-0.2, -0.15) is 17.5 Å². The zero-order valence-electron chi connectivity index (χ0n) is 16.4. The van der Waals surface area contributed by atoms with E-state index in [4.69, 9.17) is 5.41 Å². The highest BCUT2D eigenvalue weighted by Gasteiger charge is 2.43. The Balaban J connectivity index is 2.34. The minimum absolute atomic E-state index is 0.128. The average molecular weight is 419 g/mol. The third-order valence-electron chi connectivity index (χ3n) is 6.08. The van der Waals surface area contributed by atoms with Gasteiger partial charge >= 0.3 is 6.18 Å². The molecule has 28 heavy (non-hydrogen) atoms. The van der Waals surface area contributed by atoms with Crippen LogP contribution in [0, 0.1) is 11.3 Å². The van der Waals surface area contributed by atoms with Gasteiger partial charge in [-0.05, 0) is 75.4 Å². The van der Waals surface area contributed by atoms with Crippen LogP contribution < -0.4 is 0 Å². The topological polar surface area (TPSA) is 61.2 Å². The van der Waals surface area contributed by atoms with E-state index in [1.54, 1.807) is 0 Å². The molecule has 0 radical (unpaired) electrons. The van der Waals surface area contributed by atoms with Gasteiger partial charge < -0.3 is 5.41 Å². The molecular formula is C20H29F3N2O2S. The molecule has 0 heterocycles. The zero-order chi connectivity index (χ0) is 21.0. The van der Waals surface area contributed by atoms with Gasteiger partial charge in [-0.3, -0.25) is 0 Å². The number of hydrogen-bond acceptors (Lipinski definition) is 3. The van der Waals surface area contributed by atoms with E-state index in [-0.39, 0.29) is 10.8 Å². The van der Waals surface area contributed by atoms with Gasteiger partial charge in [0.05, 0.1) is 10.5 Å². The van der Waals surface area contributed by atoms with E-state index < -0.39 is 27.3 Å². The van der Waals surface area contributed by atoms with Gasteiger partial charge in [-0.25, -0.2) is 8.42 Å². The number of benzene rings is 1. The molecular weight excluding hydrogens is 389 g/mol. The van der Waals surface area contributed by atoms with Crippen LogP contribution in [0.5, 0.6) is 0 Å². The summed E-state index contributed by atoms with van der Waals surface area (Å²) in [6, 6.07) is 3.70. The minimum Gasteiger partial charge on any atom is -0.313 e. The van der Waals surface area contributed by atoms with Crippen molar-refractivity contribution in [3.05, 3.63) is 29.8 Å². The van der Waals surface area contributed by atoms with Gasteiger partial charge in [0, 0.05) is 12.6 Å². The standard InChI is InChI=1S/C20H29F3N2O2S/c1-19(14-6-7-15-24,16-8-4-3-5-9-16)25(2)28(26,27)18-12-10-17(11-13-18)20(21,22)23/h10-13,15-16,24H,3-9,14H2,1-2H3. The largest absolute Gasteiger partial charge is 0.416 e. The molecule has 1 N–H and O–H groups in total. The Morgan fingerprint density at radius 3 is 2.21 bits per heavy atom. The number of sulfonamides is 1. The lowest BCUT2D eigenvalue weighted by Crippen LogP contribution is -2.52. The van der Waals surface area contributed by atoms with Crippen molar-refractivity contribution in [2.75, 3.05) is 7.05 Å². The van der Waals surface area contributed by atoms with Crippen molar-refractivity contribution in [3.63, 3.8) is 0 Å². The average Bonchev–Trinajstić information content (AvgIpc) is 2.67. The SMILES string of the molecule is CN(C(C)(CCCC=N)C1CCCCC1)S(=O)(=O)c1ccc(C(F)(F)F)cc1. The van der Waals surface area contributed by atoms with Gasteiger partial charge in [0.2, 0.25) is 10.0 Å². The highest BCUT2D eigenvalue weighted by molar-refractivity contribution is 7.89. The Morgan fingerprint density at radius 1 is 1.14 bits per heavy atom. The third-order valence-corrected chi connectivity index (χ3v) is 8.08. The molecule has 0 saturated heterocycles. The van der Waals surface area contributed by atoms with Crippen molar-refractivity contribution < 1.29 is 21.6 Å². The Bertz CT molecular complexity index is 757. The second kappa shape index (κ2) is 8.95. The molecule has 1 aliphatic carbocycles. The van der Waals surface area contributed by atoms with Gasteiger partial charge in [0.1, 0.15) is 0 Å². The summed E-state index contributed by atoms with van der Waals surface area (Å²) in [7, 11) is -2.40. The maximum Gasteiger partial charge on any atom is 0.416 e. The van der Waals surface area contributed by atoms with E-state index in [2.05, 4.69) is 0 Å². The smallest absolute Gasteiger partial charge is 0.313 e. The van der Waals surface area contributed by atoms with E-state index in [1.165, 1.54) is 17.6 Å². The maximum atomic E-state index is 13.2. The maximum absolute atomic E-state index is 13.2. The molecule has 0 aliphatic heterocycles. The van der Waals surface area contributed by atoms with E-state index in [9.17, 15) is 21.6 Å². The molecule has 1 aromatic rings. The highest BCUT2D eigenvalue weighted by atomic mass is 32.2. The summed E-state index contributed by atoms with van der Waals surface area (Å²) >= 11 is 0. The van der Waals surface area contributed by atoms with E-state index in [0.29, 0.717) is 19.3 Å². The fourth-order valence-electron chi connectivity index (χ4n) is 4.15. The molecule has 1 aliphatic rings. The first kappa shape index (κ1) is 22.9. The lowest BCUT2D eigenvalue weighted by Gasteiger charge is -2.45. The van der Waals surface area contributed by atoms with Crippen LogP contribution in [0.4, 0.5) is 13.2 Å². The van der Waals surface area contributed by atoms with Gasteiger partial charge in [0.25, 0.3) is 0 Å². The summed E-state index contributed by atoms with van der Waals surface area (Å²) in [6.45, 7) is 1.94. The zero-order valence-corrected chi connectivity index (χ0v) is 17.2. The first-order valence-electron chi connectivity index (χ1n) is 9.68. The number of nitrogens with zero attached hydrogens (tertiary/aromatic N) is 1. The molecule has 4 nitrogen and oxygen atoms in total. The Hall–Kier alpha value is -1.41. The lowest BCUT2D eigenvalue weighted by molar-refractivity contribution is -0.137. The van der Waals surface area contributed by atoms with E-state index in [1.807, 2.05) is 6.92 Å². The van der Waals surface area contributed by atoms with Crippen molar-refractivity contribution in [3.8, 4) is 0 Å². The van der Waals surface area contributed by atoms with Crippen molar-refractivity contribution >= 4 is 16.2 Å². The molecule has 2 rings (SSSR count). The molecule has 1 saturated carbocycles. The first-order valence-corrected chi connectivity index (χ1v) is 11.1. The summed E-state index contributed by atoms with van der Waals surface area (Å²) in [4.78, 5) is -0.128. The molecule has 8 heteroatoms. The van der Waals surface area contributed by atoms with Crippen molar-refractivity contribution in [2.45, 2.75) is 74.9 Å². The van der Waals surface area contributed by atoms with Crippen molar-refractivity contribution in [1.29, 1.82) is 5.41 Å². The summed E-state index contributed by atoms with van der Waals surface area (Å²) in [6.07, 6.45) is 3.84. The van der Waals surface area contributed by atoms with Crippen LogP contribution in [0.25, 0.3) is 0 Å². The Labute approximate surface area is 165 Å². The predicted octanol–water partition coefficient (Wildman–Crippen LogP) is 5.48. The Kier molecular flexibility index (Phi) is 7.31. The van der Waals surface area contributed by atoms with Gasteiger partial charge in [-0.15, -0.1) is 0 Å². The van der Waals surface area contributed by atoms with Crippen LogP contribution >= 0.6 is 0 Å². The second-order valence-electron chi connectivity index (χ2n) is 7.78. The molecule has 0 spiro atoms. The quantitative estimate of drug-likeness (QED) is 0.449. The molecule has 1 atom stereocenters. The van der Waals surface area contributed by atoms with Gasteiger partial charge in [-0.1, -0.05) is 19.3 Å². The fourth-order valence-corrected chi connectivity index (χ4v) is 5.74. The highest BCUT2D eigenvalue weighted by Crippen LogP contribution is 2.41. The molecule has 158 valence electrons. The van der Waals surface area contributed by atoms with Crippen LogP contribution in [0.1, 0.15) is 63.9 Å². The number of rotatable bonds is 8. The fraction of sp³-hybridized carbons (Fsp3) is 0.650. The van der Waals surface area contributed by atoms with E-state index in [0.717, 1.165) is 56.4 Å². The number of halogens is 3. The number of nitrogens with one attached hydrogen (secondary N) is 1. The van der Waals surface area contributed by atoms with E-state index >= 15 is 0 Å². The molecule has 0 amide bonds. The summed E-state index contributed by atoms with van der Waals surface area (Å²) in [5, 5.41) is 7.24. The minimum atomic E-state index is -4.50. The summed E-state index contributed by atoms with van der Waals surface area (Å²) in [5.74, 6) is 0.196. The normalized spacial score (nSPS) is 18.8. The summed E-state index contributed by atoms with van der Waals surface area (Å²) < 4.78 is 66.2. The molecule has 1 aromatic carbocycles. The third kappa shape index (κ3) is 4.95. The molecule has 0 bridgehead atoms. The molecule has 0 aromatic heterocycles. The van der Waals surface area contributed by atoms with Crippen LogP contribution in [0.3, 0.4) is 0 Å². The Morgan fingerprint density at radius 2 is 1.71 bits per heavy atom. The molecule has 1 fully saturated rings.